The number of anilines is 1. The summed E-state index contributed by atoms with van der Waals surface area (Å²) < 4.78 is 40.7. The molecule has 0 saturated carbocycles. The van der Waals surface area contributed by atoms with Crippen molar-refractivity contribution in [2.24, 2.45) is 0 Å². The van der Waals surface area contributed by atoms with Crippen LogP contribution in [0.5, 0.6) is 5.75 Å². The Morgan fingerprint density at radius 3 is 2.52 bits per heavy atom. The summed E-state index contributed by atoms with van der Waals surface area (Å²) in [7, 11) is 0. The number of rotatable bonds is 5. The number of ether oxygens (including phenoxy) is 1. The first kappa shape index (κ1) is 17.9. The van der Waals surface area contributed by atoms with Crippen LogP contribution in [0, 0.1) is 11.3 Å². The predicted octanol–water partition coefficient (Wildman–Crippen LogP) is 3.74. The topological polar surface area (TPSA) is 99.5 Å². The van der Waals surface area contributed by atoms with Crippen LogP contribution in [0.1, 0.15) is 5.82 Å². The molecule has 3 aromatic rings. The maximum Gasteiger partial charge on any atom is 0.573 e. The van der Waals surface area contributed by atoms with Gasteiger partial charge in [0.25, 0.3) is 0 Å². The molecule has 136 valence electrons. The normalized spacial score (nSPS) is 11.7. The smallest absolute Gasteiger partial charge is 0.406 e. The maximum atomic E-state index is 12.3. The van der Waals surface area contributed by atoms with Gasteiger partial charge in [-0.2, -0.15) is 10.5 Å². The average molecular weight is 372 g/mol. The molecule has 0 saturated heterocycles. The van der Waals surface area contributed by atoms with Crippen LogP contribution in [-0.2, 0) is 0 Å². The Bertz CT molecular complexity index is 975. The Labute approximate surface area is 151 Å². The number of hydrogen-bond donors (Lipinski definition) is 2. The predicted molar refractivity (Wildman–Crippen MR) is 90.0 cm³/mol. The van der Waals surface area contributed by atoms with Crippen molar-refractivity contribution in [2.75, 3.05) is 5.32 Å². The quantitative estimate of drug-likeness (QED) is 0.662. The summed E-state index contributed by atoms with van der Waals surface area (Å²) in [6.45, 7) is 0. The van der Waals surface area contributed by atoms with Crippen LogP contribution in [-0.4, -0.2) is 27.0 Å². The number of nitrogens with one attached hydrogen (secondary N) is 2. The van der Waals surface area contributed by atoms with E-state index >= 15 is 0 Å². The molecule has 0 radical (unpaired) electrons. The van der Waals surface area contributed by atoms with E-state index in [9.17, 15) is 18.4 Å². The first-order valence-electron chi connectivity index (χ1n) is 7.52. The molecule has 0 amide bonds. The van der Waals surface area contributed by atoms with E-state index in [0.717, 1.165) is 5.56 Å². The second kappa shape index (κ2) is 7.57. The van der Waals surface area contributed by atoms with Crippen molar-refractivity contribution in [3.05, 3.63) is 60.6 Å². The van der Waals surface area contributed by atoms with Crippen LogP contribution in [0.3, 0.4) is 0 Å². The lowest BCUT2D eigenvalue weighted by Gasteiger charge is -2.12. The van der Waals surface area contributed by atoms with Crippen molar-refractivity contribution in [3.8, 4) is 22.9 Å². The van der Waals surface area contributed by atoms with Gasteiger partial charge >= 0.3 is 6.36 Å². The number of alkyl halides is 3. The minimum atomic E-state index is -4.74. The first-order chi connectivity index (χ1) is 13.0. The van der Waals surface area contributed by atoms with E-state index in [1.165, 1.54) is 30.5 Å². The number of aromatic nitrogens is 4. The minimum Gasteiger partial charge on any atom is -0.406 e. The van der Waals surface area contributed by atoms with Crippen LogP contribution in [0.4, 0.5) is 18.9 Å². The largest absolute Gasteiger partial charge is 0.573 e. The van der Waals surface area contributed by atoms with E-state index in [-0.39, 0.29) is 17.1 Å². The highest BCUT2D eigenvalue weighted by molar-refractivity contribution is 5.81. The fourth-order valence-electron chi connectivity index (χ4n) is 2.27. The van der Waals surface area contributed by atoms with Crippen LogP contribution in [0.25, 0.3) is 16.7 Å². The monoisotopic (exact) mass is 372 g/mol. The Morgan fingerprint density at radius 2 is 1.89 bits per heavy atom. The van der Waals surface area contributed by atoms with Gasteiger partial charge in [-0.3, -0.25) is 0 Å². The third-order valence-electron chi connectivity index (χ3n) is 3.40. The lowest BCUT2D eigenvalue weighted by atomic mass is 10.0. The number of benzene rings is 2. The zero-order chi connectivity index (χ0) is 19.3. The third kappa shape index (κ3) is 4.60. The molecule has 27 heavy (non-hydrogen) atoms. The van der Waals surface area contributed by atoms with Crippen molar-refractivity contribution < 1.29 is 17.9 Å². The molecule has 0 aliphatic heterocycles. The minimum absolute atomic E-state index is 0.135. The molecule has 7 nitrogen and oxygen atoms in total. The number of aromatic amines is 1. The molecule has 0 bridgehead atoms. The van der Waals surface area contributed by atoms with E-state index in [0.29, 0.717) is 11.3 Å². The van der Waals surface area contributed by atoms with Gasteiger partial charge in [-0.25, -0.2) is 0 Å². The number of para-hydroxylation sites is 1. The molecule has 1 heterocycles. The van der Waals surface area contributed by atoms with Gasteiger partial charge in [0.2, 0.25) is 5.82 Å². The van der Waals surface area contributed by atoms with Gasteiger partial charge in [0.05, 0.1) is 0 Å². The molecule has 10 heteroatoms. The van der Waals surface area contributed by atoms with Gasteiger partial charge in [-0.15, -0.1) is 23.4 Å². The Hall–Kier alpha value is -3.87. The third-order valence-corrected chi connectivity index (χ3v) is 3.40. The molecule has 0 unspecified atom stereocenters. The maximum absolute atomic E-state index is 12.3. The number of tetrazole rings is 1. The average Bonchev–Trinajstić information content (AvgIpc) is 3.17. The number of hydrogen-bond acceptors (Lipinski definition) is 6. The highest BCUT2D eigenvalue weighted by Crippen LogP contribution is 2.31. The van der Waals surface area contributed by atoms with Gasteiger partial charge in [0.15, 0.2) is 0 Å². The molecule has 0 spiro atoms. The summed E-state index contributed by atoms with van der Waals surface area (Å²) >= 11 is 0. The second-order valence-electron chi connectivity index (χ2n) is 5.17. The number of halogens is 3. The number of nitriles is 1. The van der Waals surface area contributed by atoms with E-state index in [2.05, 4.69) is 30.7 Å². The van der Waals surface area contributed by atoms with E-state index in [1.54, 1.807) is 24.3 Å². The van der Waals surface area contributed by atoms with Crippen molar-refractivity contribution >= 4 is 11.3 Å². The molecule has 1 aromatic heterocycles. The molecular formula is C17H11F3N6O. The molecule has 0 aliphatic rings. The van der Waals surface area contributed by atoms with Crippen molar-refractivity contribution in [1.82, 2.24) is 20.6 Å². The Morgan fingerprint density at radius 1 is 1.15 bits per heavy atom. The van der Waals surface area contributed by atoms with E-state index < -0.39 is 6.36 Å². The summed E-state index contributed by atoms with van der Waals surface area (Å²) in [4.78, 5) is 0. The zero-order valence-electron chi connectivity index (χ0n) is 13.5. The van der Waals surface area contributed by atoms with Crippen LogP contribution in [0.2, 0.25) is 0 Å². The lowest BCUT2D eigenvalue weighted by molar-refractivity contribution is -0.274. The van der Waals surface area contributed by atoms with Crippen LogP contribution >= 0.6 is 0 Å². The summed E-state index contributed by atoms with van der Waals surface area (Å²) in [6, 6.07) is 14.6. The summed E-state index contributed by atoms with van der Waals surface area (Å²) in [5, 5.41) is 25.3. The Kier molecular flexibility index (Phi) is 5.03. The highest BCUT2D eigenvalue weighted by Gasteiger charge is 2.30. The van der Waals surface area contributed by atoms with Crippen molar-refractivity contribution in [1.29, 1.82) is 5.26 Å². The van der Waals surface area contributed by atoms with E-state index in [4.69, 9.17) is 0 Å². The summed E-state index contributed by atoms with van der Waals surface area (Å²) in [5.74, 6) is -0.170. The Balaban J connectivity index is 1.85. The lowest BCUT2D eigenvalue weighted by Crippen LogP contribution is -2.16. The fraction of sp³-hybridized carbons (Fsp3) is 0.0588. The second-order valence-corrected chi connectivity index (χ2v) is 5.17. The number of allylic oxidation sites excluding steroid dienone is 1. The van der Waals surface area contributed by atoms with Gasteiger partial charge in [-0.1, -0.05) is 30.3 Å². The molecule has 3 rings (SSSR count). The molecule has 0 aliphatic carbocycles. The number of nitrogens with zero attached hydrogens (tertiary/aromatic N) is 4. The van der Waals surface area contributed by atoms with Crippen molar-refractivity contribution in [2.45, 2.75) is 6.36 Å². The molecule has 0 fully saturated rings. The van der Waals surface area contributed by atoms with Crippen LogP contribution < -0.4 is 10.1 Å². The molecule has 2 N–H and O–H groups in total. The zero-order valence-corrected chi connectivity index (χ0v) is 13.5. The summed E-state index contributed by atoms with van der Waals surface area (Å²) in [5.41, 5.74) is 2.18. The summed E-state index contributed by atoms with van der Waals surface area (Å²) in [6.07, 6.45) is -3.32. The van der Waals surface area contributed by atoms with Gasteiger partial charge < -0.3 is 10.1 Å². The number of H-pyrrole nitrogens is 1. The SMILES string of the molecule is N#CC(=CNc1ccccc1-c1ccc(OC(F)(F)F)cc1)c1nn[nH]n1. The fourth-order valence-corrected chi connectivity index (χ4v) is 2.27. The van der Waals surface area contributed by atoms with Gasteiger partial charge in [-0.05, 0) is 29.0 Å². The van der Waals surface area contributed by atoms with Crippen LogP contribution in [0.15, 0.2) is 54.7 Å². The van der Waals surface area contributed by atoms with Crippen molar-refractivity contribution in [3.63, 3.8) is 0 Å². The first-order valence-corrected chi connectivity index (χ1v) is 7.52. The molecule has 0 atom stereocenters. The van der Waals surface area contributed by atoms with Gasteiger partial charge in [0.1, 0.15) is 17.4 Å². The van der Waals surface area contributed by atoms with Gasteiger partial charge in [0, 0.05) is 17.5 Å². The van der Waals surface area contributed by atoms with E-state index in [1.807, 2.05) is 6.07 Å². The molecular weight excluding hydrogens is 361 g/mol. The highest BCUT2D eigenvalue weighted by atomic mass is 19.4. The molecule has 2 aromatic carbocycles. The standard InChI is InChI=1S/C17H11F3N6O/c18-17(19,20)27-13-7-5-11(6-8-13)14-3-1-2-4-15(14)22-10-12(9-21)16-23-25-26-24-16/h1-8,10,22H,(H,23,24,25,26).